The molecule has 0 atom stereocenters. The molecule has 0 unspecified atom stereocenters. The van der Waals surface area contributed by atoms with Crippen LogP contribution in [0.5, 0.6) is 0 Å². The molecule has 0 radical (unpaired) electrons. The zero-order valence-corrected chi connectivity index (χ0v) is 7.64. The second-order valence-electron chi connectivity index (χ2n) is 2.73. The van der Waals surface area contributed by atoms with Crippen molar-refractivity contribution >= 4 is 11.6 Å². The molecule has 0 aromatic heterocycles. The summed E-state index contributed by atoms with van der Waals surface area (Å²) in [6, 6.07) is 2.73. The Labute approximate surface area is 84.4 Å². The number of anilines is 1. The van der Waals surface area contributed by atoms with Crippen molar-refractivity contribution in [3.8, 4) is 0 Å². The van der Waals surface area contributed by atoms with Gasteiger partial charge in [0.15, 0.2) is 0 Å². The summed E-state index contributed by atoms with van der Waals surface area (Å²) >= 11 is 0. The number of alkyl halides is 2. The predicted octanol–water partition coefficient (Wildman–Crippen LogP) is 2.89. The van der Waals surface area contributed by atoms with Crippen molar-refractivity contribution in [1.29, 1.82) is 0 Å². The van der Waals surface area contributed by atoms with Crippen LogP contribution in [-0.2, 0) is 4.79 Å². The molecule has 0 fully saturated rings. The van der Waals surface area contributed by atoms with Gasteiger partial charge in [-0.15, -0.1) is 0 Å². The van der Waals surface area contributed by atoms with E-state index in [1.165, 1.54) is 0 Å². The van der Waals surface area contributed by atoms with Crippen LogP contribution in [-0.4, -0.2) is 5.91 Å². The van der Waals surface area contributed by atoms with Crippen molar-refractivity contribution in [2.75, 3.05) is 5.32 Å². The van der Waals surface area contributed by atoms with Gasteiger partial charge < -0.3 is 5.32 Å². The first-order valence-corrected chi connectivity index (χ1v) is 4.05. The van der Waals surface area contributed by atoms with Gasteiger partial charge in [-0.05, 0) is 18.2 Å². The number of halogens is 3. The molecule has 5 heteroatoms. The number of nitrogens with one attached hydrogen (secondary N) is 1. The van der Waals surface area contributed by atoms with Gasteiger partial charge in [-0.3, -0.25) is 4.79 Å². The molecule has 80 valence electrons. The molecule has 1 N–H and O–H groups in total. The van der Waals surface area contributed by atoms with E-state index in [2.05, 4.69) is 11.9 Å². The van der Waals surface area contributed by atoms with Crippen LogP contribution in [0.4, 0.5) is 18.9 Å². The minimum absolute atomic E-state index is 0.280. The number of carbonyl (C=O) groups is 1. The van der Waals surface area contributed by atoms with Crippen LogP contribution in [0.1, 0.15) is 12.0 Å². The Morgan fingerprint density at radius 3 is 2.67 bits per heavy atom. The van der Waals surface area contributed by atoms with Crippen molar-refractivity contribution in [3.05, 3.63) is 42.2 Å². The fraction of sp³-hybridized carbons (Fsp3) is 0.100. The molecule has 0 aliphatic heterocycles. The molecule has 0 bridgehead atoms. The third-order valence-electron chi connectivity index (χ3n) is 1.69. The van der Waals surface area contributed by atoms with E-state index in [-0.39, 0.29) is 11.3 Å². The highest BCUT2D eigenvalue weighted by Crippen LogP contribution is 2.24. The lowest BCUT2D eigenvalue weighted by Crippen LogP contribution is -2.09. The lowest BCUT2D eigenvalue weighted by Gasteiger charge is -2.06. The Hall–Kier alpha value is -1.78. The van der Waals surface area contributed by atoms with Crippen LogP contribution >= 0.6 is 0 Å². The number of hydrogen-bond donors (Lipinski definition) is 1. The van der Waals surface area contributed by atoms with Crippen LogP contribution in [0.25, 0.3) is 0 Å². The lowest BCUT2D eigenvalue weighted by atomic mass is 10.2. The number of hydrogen-bond acceptors (Lipinski definition) is 1. The fourth-order valence-electron chi connectivity index (χ4n) is 0.958. The zero-order chi connectivity index (χ0) is 11.4. The largest absolute Gasteiger partial charge is 0.320 e. The van der Waals surface area contributed by atoms with E-state index >= 15 is 0 Å². The van der Waals surface area contributed by atoms with Crippen molar-refractivity contribution in [2.45, 2.75) is 6.43 Å². The van der Waals surface area contributed by atoms with Gasteiger partial charge in [0.05, 0.1) is 5.69 Å². The summed E-state index contributed by atoms with van der Waals surface area (Å²) in [7, 11) is 0. The van der Waals surface area contributed by atoms with Crippen molar-refractivity contribution in [1.82, 2.24) is 0 Å². The highest BCUT2D eigenvalue weighted by atomic mass is 19.3. The average molecular weight is 215 g/mol. The van der Waals surface area contributed by atoms with E-state index in [0.29, 0.717) is 0 Å². The molecule has 2 nitrogen and oxygen atoms in total. The Kier molecular flexibility index (Phi) is 3.49. The maximum atomic E-state index is 13.0. The van der Waals surface area contributed by atoms with E-state index < -0.39 is 18.1 Å². The normalized spacial score (nSPS) is 10.1. The molecule has 1 aromatic rings. The average Bonchev–Trinajstić information content (AvgIpc) is 2.20. The van der Waals surface area contributed by atoms with Gasteiger partial charge in [0, 0.05) is 5.56 Å². The van der Waals surface area contributed by atoms with Crippen LogP contribution < -0.4 is 5.32 Å². The topological polar surface area (TPSA) is 29.1 Å². The van der Waals surface area contributed by atoms with E-state index in [1.807, 2.05) is 0 Å². The molecular formula is C10H8F3NO. The van der Waals surface area contributed by atoms with Crippen molar-refractivity contribution < 1.29 is 18.0 Å². The Balaban J connectivity index is 3.00. The standard InChI is InChI=1S/C10H8F3NO/c1-2-9(15)14-8-5-6(10(12)13)3-4-7(8)11/h2-5,10H,1H2,(H,14,15). The smallest absolute Gasteiger partial charge is 0.263 e. The van der Waals surface area contributed by atoms with E-state index in [9.17, 15) is 18.0 Å². The summed E-state index contributed by atoms with van der Waals surface area (Å²) in [5, 5.41) is 2.09. The Morgan fingerprint density at radius 2 is 2.13 bits per heavy atom. The van der Waals surface area contributed by atoms with Gasteiger partial charge in [0.2, 0.25) is 5.91 Å². The molecule has 0 heterocycles. The number of benzene rings is 1. The molecule has 0 saturated heterocycles. The summed E-state index contributed by atoms with van der Waals surface area (Å²) in [5.41, 5.74) is -0.631. The second kappa shape index (κ2) is 4.63. The molecule has 0 aliphatic rings. The Bertz CT molecular complexity index is 390. The van der Waals surface area contributed by atoms with Crippen LogP contribution in [0, 0.1) is 5.82 Å². The summed E-state index contributed by atoms with van der Waals surface area (Å²) < 4.78 is 37.5. The highest BCUT2D eigenvalue weighted by Gasteiger charge is 2.11. The Morgan fingerprint density at radius 1 is 1.47 bits per heavy atom. The van der Waals surface area contributed by atoms with Crippen molar-refractivity contribution in [2.24, 2.45) is 0 Å². The second-order valence-corrected chi connectivity index (χ2v) is 2.73. The van der Waals surface area contributed by atoms with E-state index in [0.717, 1.165) is 24.3 Å². The minimum Gasteiger partial charge on any atom is -0.320 e. The van der Waals surface area contributed by atoms with Gasteiger partial charge in [0.25, 0.3) is 6.43 Å². The summed E-state index contributed by atoms with van der Waals surface area (Å²) in [6.07, 6.45) is -1.78. The van der Waals surface area contributed by atoms with Gasteiger partial charge in [-0.2, -0.15) is 0 Å². The van der Waals surface area contributed by atoms with Crippen molar-refractivity contribution in [3.63, 3.8) is 0 Å². The third kappa shape index (κ3) is 2.83. The minimum atomic E-state index is -2.70. The van der Waals surface area contributed by atoms with Crippen LogP contribution in [0.15, 0.2) is 30.9 Å². The van der Waals surface area contributed by atoms with E-state index in [4.69, 9.17) is 0 Å². The molecule has 1 amide bonds. The third-order valence-corrected chi connectivity index (χ3v) is 1.69. The lowest BCUT2D eigenvalue weighted by molar-refractivity contribution is -0.111. The van der Waals surface area contributed by atoms with Gasteiger partial charge in [-0.1, -0.05) is 12.6 Å². The first kappa shape index (κ1) is 11.3. The molecule has 15 heavy (non-hydrogen) atoms. The number of amides is 1. The van der Waals surface area contributed by atoms with Gasteiger partial charge >= 0.3 is 0 Å². The first-order valence-electron chi connectivity index (χ1n) is 4.05. The monoisotopic (exact) mass is 215 g/mol. The van der Waals surface area contributed by atoms with Crippen LogP contribution in [0.3, 0.4) is 0 Å². The van der Waals surface area contributed by atoms with Gasteiger partial charge in [-0.25, -0.2) is 13.2 Å². The summed E-state index contributed by atoms with van der Waals surface area (Å²) in [4.78, 5) is 10.8. The highest BCUT2D eigenvalue weighted by molar-refractivity contribution is 5.98. The predicted molar refractivity (Wildman–Crippen MR) is 50.2 cm³/mol. The number of rotatable bonds is 3. The molecular weight excluding hydrogens is 207 g/mol. The molecule has 0 saturated carbocycles. The SMILES string of the molecule is C=CC(=O)Nc1cc(C(F)F)ccc1F. The molecule has 0 spiro atoms. The fourth-order valence-corrected chi connectivity index (χ4v) is 0.958. The molecule has 0 aliphatic carbocycles. The molecule has 1 rings (SSSR count). The summed E-state index contributed by atoms with van der Waals surface area (Å²) in [6.45, 7) is 3.16. The maximum absolute atomic E-state index is 13.0. The van der Waals surface area contributed by atoms with E-state index in [1.54, 1.807) is 0 Å². The summed E-state index contributed by atoms with van der Waals surface area (Å²) in [5.74, 6) is -1.42. The zero-order valence-electron chi connectivity index (χ0n) is 7.64. The number of carbonyl (C=O) groups excluding carboxylic acids is 1. The van der Waals surface area contributed by atoms with Gasteiger partial charge in [0.1, 0.15) is 5.82 Å². The molecule has 1 aromatic carbocycles. The first-order chi connectivity index (χ1) is 7.04. The van der Waals surface area contributed by atoms with Crippen LogP contribution in [0.2, 0.25) is 0 Å². The maximum Gasteiger partial charge on any atom is 0.263 e. The quantitative estimate of drug-likeness (QED) is 0.771.